The van der Waals surface area contributed by atoms with Crippen LogP contribution in [0.2, 0.25) is 0 Å². The van der Waals surface area contributed by atoms with Crippen molar-refractivity contribution in [2.45, 2.75) is 6.42 Å². The molecule has 1 aromatic rings. The molecule has 0 bridgehead atoms. The number of nitrogen functional groups attached to an aromatic ring is 1. The van der Waals surface area contributed by atoms with Gasteiger partial charge in [-0.2, -0.15) is 0 Å². The fraction of sp³-hybridized carbons (Fsp3) is 0.286. The number of aromatic carboxylic acids is 1. The van der Waals surface area contributed by atoms with E-state index < -0.39 is 5.97 Å². The smallest absolute Gasteiger partial charge is 0.339 e. The van der Waals surface area contributed by atoms with Crippen LogP contribution in [0.25, 0.3) is 0 Å². The molecule has 0 amide bonds. The molecule has 4 nitrogen and oxygen atoms in total. The number of rotatable bonds is 1. The molecule has 0 spiro atoms. The molecule has 0 radical (unpaired) electrons. The van der Waals surface area contributed by atoms with Crippen molar-refractivity contribution < 1.29 is 14.6 Å². The lowest BCUT2D eigenvalue weighted by Gasteiger charge is -1.93. The molecule has 0 aromatic carbocycles. The number of thiophene rings is 1. The highest BCUT2D eigenvalue weighted by Crippen LogP contribution is 2.40. The van der Waals surface area contributed by atoms with Crippen LogP contribution in [-0.4, -0.2) is 17.7 Å². The number of hydrogen-bond acceptors (Lipinski definition) is 4. The minimum Gasteiger partial charge on any atom is -0.483 e. The van der Waals surface area contributed by atoms with Crippen LogP contribution in [0.15, 0.2) is 0 Å². The third-order valence-electron chi connectivity index (χ3n) is 1.80. The lowest BCUT2D eigenvalue weighted by atomic mass is 10.1. The fourth-order valence-electron chi connectivity index (χ4n) is 1.29. The number of fused-ring (bicyclic) bond motifs is 1. The Labute approximate surface area is 72.6 Å². The Hall–Kier alpha value is -1.23. The largest absolute Gasteiger partial charge is 0.483 e. The first kappa shape index (κ1) is 7.42. The van der Waals surface area contributed by atoms with E-state index in [0.29, 0.717) is 23.1 Å². The SMILES string of the molecule is Nc1sc2c(c1C(=O)O)CCO2. The van der Waals surface area contributed by atoms with Crippen LogP contribution in [0.3, 0.4) is 0 Å². The molecule has 2 rings (SSSR count). The van der Waals surface area contributed by atoms with E-state index in [1.165, 1.54) is 11.3 Å². The number of carboxylic acids is 1. The lowest BCUT2D eigenvalue weighted by Crippen LogP contribution is -2.02. The van der Waals surface area contributed by atoms with E-state index in [1.54, 1.807) is 0 Å². The molecule has 1 aromatic heterocycles. The normalized spacial score (nSPS) is 14.0. The number of hydrogen-bond donors (Lipinski definition) is 2. The summed E-state index contributed by atoms with van der Waals surface area (Å²) in [7, 11) is 0. The second-order valence-corrected chi connectivity index (χ2v) is 3.53. The van der Waals surface area contributed by atoms with Gasteiger partial charge >= 0.3 is 5.97 Å². The molecular formula is C7H7NO3S. The van der Waals surface area contributed by atoms with Gasteiger partial charge in [-0.25, -0.2) is 4.79 Å². The van der Waals surface area contributed by atoms with Crippen molar-refractivity contribution in [1.29, 1.82) is 0 Å². The van der Waals surface area contributed by atoms with Crippen LogP contribution in [0.1, 0.15) is 15.9 Å². The number of carbonyl (C=O) groups is 1. The minimum absolute atomic E-state index is 0.229. The summed E-state index contributed by atoms with van der Waals surface area (Å²) in [6.45, 7) is 0.571. The molecule has 5 heteroatoms. The molecule has 1 aliphatic rings. The maximum Gasteiger partial charge on any atom is 0.339 e. The third-order valence-corrected chi connectivity index (χ3v) is 2.77. The average Bonchev–Trinajstić information content (AvgIpc) is 2.44. The van der Waals surface area contributed by atoms with E-state index in [4.69, 9.17) is 15.6 Å². The van der Waals surface area contributed by atoms with Gasteiger partial charge in [-0.05, 0) is 0 Å². The topological polar surface area (TPSA) is 72.6 Å². The molecule has 1 aliphatic heterocycles. The standard InChI is InChI=1S/C7H7NO3S/c8-5-4(6(9)10)3-1-2-11-7(3)12-5/h1-2,8H2,(H,9,10). The van der Waals surface area contributed by atoms with E-state index in [0.717, 1.165) is 5.56 Å². The summed E-state index contributed by atoms with van der Waals surface area (Å²) in [4.78, 5) is 10.7. The number of ether oxygens (including phenoxy) is 1. The van der Waals surface area contributed by atoms with Gasteiger partial charge in [0.1, 0.15) is 10.6 Å². The van der Waals surface area contributed by atoms with Gasteiger partial charge in [0.15, 0.2) is 5.06 Å². The van der Waals surface area contributed by atoms with Crippen molar-refractivity contribution in [3.05, 3.63) is 11.1 Å². The Balaban J connectivity index is 2.59. The van der Waals surface area contributed by atoms with Crippen molar-refractivity contribution in [1.82, 2.24) is 0 Å². The van der Waals surface area contributed by atoms with Crippen LogP contribution < -0.4 is 10.5 Å². The predicted molar refractivity (Wildman–Crippen MR) is 44.9 cm³/mol. The van der Waals surface area contributed by atoms with Crippen LogP contribution in [-0.2, 0) is 6.42 Å². The van der Waals surface area contributed by atoms with Crippen LogP contribution in [0, 0.1) is 0 Å². The molecule has 0 aliphatic carbocycles. The summed E-state index contributed by atoms with van der Waals surface area (Å²) >= 11 is 1.21. The van der Waals surface area contributed by atoms with E-state index in [-0.39, 0.29) is 5.56 Å². The average molecular weight is 185 g/mol. The minimum atomic E-state index is -0.962. The second kappa shape index (κ2) is 2.38. The summed E-state index contributed by atoms with van der Waals surface area (Å²) < 4.78 is 5.19. The van der Waals surface area contributed by atoms with E-state index >= 15 is 0 Å². The zero-order chi connectivity index (χ0) is 8.72. The maximum absolute atomic E-state index is 10.7. The molecule has 0 atom stereocenters. The molecule has 12 heavy (non-hydrogen) atoms. The predicted octanol–water partition coefficient (Wildman–Crippen LogP) is 0.963. The summed E-state index contributed by atoms with van der Waals surface area (Å²) in [5, 5.41) is 9.80. The quantitative estimate of drug-likeness (QED) is 0.683. The van der Waals surface area contributed by atoms with E-state index in [2.05, 4.69) is 0 Å². The Kier molecular flexibility index (Phi) is 1.47. The van der Waals surface area contributed by atoms with Gasteiger partial charge in [0, 0.05) is 12.0 Å². The Bertz CT molecular complexity index is 345. The van der Waals surface area contributed by atoms with Gasteiger partial charge in [-0.15, -0.1) is 0 Å². The number of anilines is 1. The summed E-state index contributed by atoms with van der Waals surface area (Å²) in [6, 6.07) is 0. The molecule has 3 N–H and O–H groups in total. The molecule has 0 fully saturated rings. The van der Waals surface area contributed by atoms with Crippen molar-refractivity contribution in [2.24, 2.45) is 0 Å². The summed E-state index contributed by atoms with van der Waals surface area (Å²) in [5.41, 5.74) is 6.49. The van der Waals surface area contributed by atoms with Crippen molar-refractivity contribution >= 4 is 22.3 Å². The lowest BCUT2D eigenvalue weighted by molar-refractivity contribution is 0.0697. The third kappa shape index (κ3) is 0.863. The highest BCUT2D eigenvalue weighted by atomic mass is 32.1. The Morgan fingerprint density at radius 3 is 3.08 bits per heavy atom. The first-order valence-corrected chi connectivity index (χ1v) is 4.29. The van der Waals surface area contributed by atoms with Crippen LogP contribution in [0.4, 0.5) is 5.00 Å². The molecule has 64 valence electrons. The molecule has 0 unspecified atom stereocenters. The molecule has 0 saturated carbocycles. The second-order valence-electron chi connectivity index (χ2n) is 2.51. The van der Waals surface area contributed by atoms with Crippen LogP contribution in [0.5, 0.6) is 5.06 Å². The monoisotopic (exact) mass is 185 g/mol. The summed E-state index contributed by atoms with van der Waals surface area (Å²) in [5.74, 6) is -0.962. The van der Waals surface area contributed by atoms with Gasteiger partial charge in [-0.1, -0.05) is 11.3 Å². The van der Waals surface area contributed by atoms with Crippen LogP contribution >= 0.6 is 11.3 Å². The first-order valence-electron chi connectivity index (χ1n) is 3.47. The molecule has 0 saturated heterocycles. The number of nitrogens with two attached hydrogens (primary N) is 1. The van der Waals surface area contributed by atoms with E-state index in [9.17, 15) is 4.79 Å². The van der Waals surface area contributed by atoms with Gasteiger partial charge in [0.2, 0.25) is 0 Å². The van der Waals surface area contributed by atoms with Gasteiger partial charge in [0.05, 0.1) is 6.61 Å². The maximum atomic E-state index is 10.7. The van der Waals surface area contributed by atoms with Crippen molar-refractivity contribution in [3.8, 4) is 5.06 Å². The zero-order valence-electron chi connectivity index (χ0n) is 6.16. The van der Waals surface area contributed by atoms with Gasteiger partial charge in [0.25, 0.3) is 0 Å². The van der Waals surface area contributed by atoms with E-state index in [1.807, 2.05) is 0 Å². The van der Waals surface area contributed by atoms with Gasteiger partial charge in [-0.3, -0.25) is 0 Å². The van der Waals surface area contributed by atoms with Crippen molar-refractivity contribution in [3.63, 3.8) is 0 Å². The Morgan fingerprint density at radius 2 is 2.42 bits per heavy atom. The molecule has 2 heterocycles. The Morgan fingerprint density at radius 1 is 1.67 bits per heavy atom. The zero-order valence-corrected chi connectivity index (χ0v) is 6.98. The highest BCUT2D eigenvalue weighted by molar-refractivity contribution is 7.18. The first-order chi connectivity index (χ1) is 5.70. The van der Waals surface area contributed by atoms with Gasteiger partial charge < -0.3 is 15.6 Å². The molecular weight excluding hydrogens is 178 g/mol. The highest BCUT2D eigenvalue weighted by Gasteiger charge is 2.26. The fourth-order valence-corrected chi connectivity index (χ4v) is 2.27. The van der Waals surface area contributed by atoms with Crippen molar-refractivity contribution in [2.75, 3.05) is 12.3 Å². The summed E-state index contributed by atoms with van der Waals surface area (Å²) in [6.07, 6.45) is 0.657. The number of carboxylic acid groups (broad SMARTS) is 1.